The SMILES string of the molecule is COC(=O)C1C(c2ccc(C)cc2)C[C@@H]2CC[C@H]1N2C. The van der Waals surface area contributed by atoms with Gasteiger partial charge in [-0.05, 0) is 38.8 Å². The molecule has 1 aromatic carbocycles. The highest BCUT2D eigenvalue weighted by Crippen LogP contribution is 2.46. The number of piperidine rings is 1. The number of benzene rings is 1. The molecule has 2 fully saturated rings. The number of esters is 1. The first kappa shape index (κ1) is 13.6. The van der Waals surface area contributed by atoms with Crippen molar-refractivity contribution in [3.05, 3.63) is 35.4 Å². The van der Waals surface area contributed by atoms with Gasteiger partial charge < -0.3 is 4.74 Å². The van der Waals surface area contributed by atoms with Gasteiger partial charge in [0, 0.05) is 18.0 Å². The normalized spacial score (nSPS) is 33.1. The van der Waals surface area contributed by atoms with E-state index in [0.29, 0.717) is 18.0 Å². The fourth-order valence-electron chi connectivity index (χ4n) is 4.08. The maximum atomic E-state index is 12.3. The van der Waals surface area contributed by atoms with Gasteiger partial charge in [0.1, 0.15) is 0 Å². The van der Waals surface area contributed by atoms with E-state index in [1.165, 1.54) is 24.7 Å². The van der Waals surface area contributed by atoms with Crippen LogP contribution in [0.15, 0.2) is 24.3 Å². The summed E-state index contributed by atoms with van der Waals surface area (Å²) in [4.78, 5) is 14.7. The lowest BCUT2D eigenvalue weighted by molar-refractivity contribution is -0.150. The quantitative estimate of drug-likeness (QED) is 0.776. The molecule has 2 unspecified atom stereocenters. The van der Waals surface area contributed by atoms with Crippen molar-refractivity contribution >= 4 is 5.97 Å². The second-order valence-corrected chi connectivity index (χ2v) is 6.27. The summed E-state index contributed by atoms with van der Waals surface area (Å²) in [6, 6.07) is 9.61. The van der Waals surface area contributed by atoms with Gasteiger partial charge in [-0.1, -0.05) is 29.8 Å². The van der Waals surface area contributed by atoms with Crippen LogP contribution >= 0.6 is 0 Å². The van der Waals surface area contributed by atoms with Crippen LogP contribution in [0.4, 0.5) is 0 Å². The highest BCUT2D eigenvalue weighted by atomic mass is 16.5. The number of ether oxygens (including phenoxy) is 1. The zero-order chi connectivity index (χ0) is 14.3. The Kier molecular flexibility index (Phi) is 3.55. The molecule has 0 N–H and O–H groups in total. The smallest absolute Gasteiger partial charge is 0.310 e. The number of hydrogen-bond acceptors (Lipinski definition) is 3. The lowest BCUT2D eigenvalue weighted by Crippen LogP contribution is -2.49. The summed E-state index contributed by atoms with van der Waals surface area (Å²) in [7, 11) is 3.67. The second-order valence-electron chi connectivity index (χ2n) is 6.27. The Balaban J connectivity index is 1.95. The average Bonchev–Trinajstić information content (AvgIpc) is 2.70. The average molecular weight is 273 g/mol. The molecule has 2 bridgehead atoms. The number of aryl methyl sites for hydroxylation is 1. The minimum absolute atomic E-state index is 0.0218. The molecule has 0 saturated carbocycles. The van der Waals surface area contributed by atoms with E-state index >= 15 is 0 Å². The summed E-state index contributed by atoms with van der Waals surface area (Å²) in [6.45, 7) is 2.10. The highest BCUT2D eigenvalue weighted by Gasteiger charge is 2.49. The standard InChI is InChI=1S/C17H23NO2/c1-11-4-6-12(7-5-11)14-10-13-8-9-15(18(13)2)16(14)17(19)20-3/h4-7,13-16H,8-10H2,1-3H3/t13-,14?,15+,16?/m0/s1. The van der Waals surface area contributed by atoms with Crippen LogP contribution in [0, 0.1) is 12.8 Å². The van der Waals surface area contributed by atoms with Gasteiger partial charge in [-0.15, -0.1) is 0 Å². The molecule has 20 heavy (non-hydrogen) atoms. The molecule has 0 spiro atoms. The number of carbonyl (C=O) groups excluding carboxylic acids is 1. The maximum Gasteiger partial charge on any atom is 0.310 e. The van der Waals surface area contributed by atoms with Crippen LogP contribution < -0.4 is 0 Å². The second kappa shape index (κ2) is 5.21. The third-order valence-corrected chi connectivity index (χ3v) is 5.25. The van der Waals surface area contributed by atoms with Crippen LogP contribution in [-0.4, -0.2) is 37.1 Å². The van der Waals surface area contributed by atoms with Crippen molar-refractivity contribution < 1.29 is 9.53 Å². The largest absolute Gasteiger partial charge is 0.469 e. The minimum Gasteiger partial charge on any atom is -0.469 e. The zero-order valence-electron chi connectivity index (χ0n) is 12.5. The van der Waals surface area contributed by atoms with Gasteiger partial charge in [0.2, 0.25) is 0 Å². The van der Waals surface area contributed by atoms with Gasteiger partial charge in [-0.25, -0.2) is 0 Å². The molecule has 108 valence electrons. The van der Waals surface area contributed by atoms with E-state index in [9.17, 15) is 4.79 Å². The van der Waals surface area contributed by atoms with E-state index in [1.54, 1.807) is 0 Å². The number of methoxy groups -OCH3 is 1. The van der Waals surface area contributed by atoms with Crippen molar-refractivity contribution in [2.75, 3.05) is 14.2 Å². The maximum absolute atomic E-state index is 12.3. The van der Waals surface area contributed by atoms with Crippen LogP contribution in [0.2, 0.25) is 0 Å². The molecule has 2 saturated heterocycles. The Labute approximate surface area is 120 Å². The Morgan fingerprint density at radius 2 is 1.95 bits per heavy atom. The Morgan fingerprint density at radius 3 is 2.60 bits per heavy atom. The molecule has 0 amide bonds. The molecule has 2 aliphatic heterocycles. The van der Waals surface area contributed by atoms with Crippen LogP contribution in [0.5, 0.6) is 0 Å². The Morgan fingerprint density at radius 1 is 1.25 bits per heavy atom. The van der Waals surface area contributed by atoms with Crippen molar-refractivity contribution in [1.29, 1.82) is 0 Å². The Hall–Kier alpha value is -1.35. The van der Waals surface area contributed by atoms with Gasteiger partial charge in [0.25, 0.3) is 0 Å². The molecule has 1 aromatic rings. The van der Waals surface area contributed by atoms with E-state index in [-0.39, 0.29) is 11.9 Å². The highest BCUT2D eigenvalue weighted by molar-refractivity contribution is 5.75. The van der Waals surface area contributed by atoms with E-state index in [2.05, 4.69) is 43.1 Å². The van der Waals surface area contributed by atoms with Gasteiger partial charge in [0.15, 0.2) is 0 Å². The van der Waals surface area contributed by atoms with Gasteiger partial charge in [-0.3, -0.25) is 9.69 Å². The number of fused-ring (bicyclic) bond motifs is 2. The third kappa shape index (κ3) is 2.14. The number of rotatable bonds is 2. The molecule has 4 atom stereocenters. The van der Waals surface area contributed by atoms with Gasteiger partial charge in [0.05, 0.1) is 13.0 Å². The minimum atomic E-state index is -0.0484. The first-order chi connectivity index (χ1) is 9.61. The fourth-order valence-corrected chi connectivity index (χ4v) is 4.08. The molecule has 3 nitrogen and oxygen atoms in total. The first-order valence-electron chi connectivity index (χ1n) is 7.48. The van der Waals surface area contributed by atoms with Crippen LogP contribution in [-0.2, 0) is 9.53 Å². The summed E-state index contributed by atoms with van der Waals surface area (Å²) in [6.07, 6.45) is 3.39. The summed E-state index contributed by atoms with van der Waals surface area (Å²) in [5.41, 5.74) is 2.55. The van der Waals surface area contributed by atoms with E-state index in [4.69, 9.17) is 4.74 Å². The van der Waals surface area contributed by atoms with Crippen molar-refractivity contribution in [2.45, 2.75) is 44.2 Å². The van der Waals surface area contributed by atoms with Crippen molar-refractivity contribution in [1.82, 2.24) is 4.90 Å². The summed E-state index contributed by atoms with van der Waals surface area (Å²) < 4.78 is 5.10. The molecular weight excluding hydrogens is 250 g/mol. The Bertz CT molecular complexity index is 496. The summed E-state index contributed by atoms with van der Waals surface area (Å²) in [5.74, 6) is 0.232. The molecule has 3 rings (SSSR count). The number of nitrogens with zero attached hydrogens (tertiary/aromatic N) is 1. The van der Waals surface area contributed by atoms with E-state index in [1.807, 2.05) is 0 Å². The van der Waals surface area contributed by atoms with Crippen LogP contribution in [0.3, 0.4) is 0 Å². The van der Waals surface area contributed by atoms with Crippen molar-refractivity contribution in [2.24, 2.45) is 5.92 Å². The zero-order valence-corrected chi connectivity index (χ0v) is 12.5. The predicted molar refractivity (Wildman–Crippen MR) is 78.6 cm³/mol. The topological polar surface area (TPSA) is 29.5 Å². The molecule has 2 heterocycles. The van der Waals surface area contributed by atoms with Gasteiger partial charge in [-0.2, -0.15) is 0 Å². The van der Waals surface area contributed by atoms with E-state index < -0.39 is 0 Å². The van der Waals surface area contributed by atoms with Crippen LogP contribution in [0.25, 0.3) is 0 Å². The summed E-state index contributed by atoms with van der Waals surface area (Å²) >= 11 is 0. The van der Waals surface area contributed by atoms with Crippen molar-refractivity contribution in [3.63, 3.8) is 0 Å². The lowest BCUT2D eigenvalue weighted by atomic mass is 9.76. The molecule has 0 aromatic heterocycles. The van der Waals surface area contributed by atoms with Crippen molar-refractivity contribution in [3.8, 4) is 0 Å². The fraction of sp³-hybridized carbons (Fsp3) is 0.588. The molecule has 0 radical (unpaired) electrons. The number of carbonyl (C=O) groups is 1. The monoisotopic (exact) mass is 273 g/mol. The molecule has 0 aliphatic carbocycles. The predicted octanol–water partition coefficient (Wildman–Crippen LogP) is 2.73. The number of hydrogen-bond donors (Lipinski definition) is 0. The van der Waals surface area contributed by atoms with E-state index in [0.717, 1.165) is 12.8 Å². The molecule has 3 heteroatoms. The third-order valence-electron chi connectivity index (χ3n) is 5.25. The lowest BCUT2D eigenvalue weighted by Gasteiger charge is -2.41. The van der Waals surface area contributed by atoms with Gasteiger partial charge >= 0.3 is 5.97 Å². The molecular formula is C17H23NO2. The first-order valence-corrected chi connectivity index (χ1v) is 7.48. The molecule has 2 aliphatic rings. The summed E-state index contributed by atoms with van der Waals surface area (Å²) in [5, 5.41) is 0. The van der Waals surface area contributed by atoms with Crippen LogP contribution in [0.1, 0.15) is 36.3 Å².